The SMILES string of the molecule is COCCc1nc(-c2ccc3nccnc3c2)n(C2CCN(C)CC2)n1. The third kappa shape index (κ3) is 3.45. The highest BCUT2D eigenvalue weighted by atomic mass is 16.5. The molecule has 26 heavy (non-hydrogen) atoms. The van der Waals surface area contributed by atoms with Gasteiger partial charge in [-0.05, 0) is 51.2 Å². The maximum Gasteiger partial charge on any atom is 0.158 e. The quantitative estimate of drug-likeness (QED) is 0.702. The minimum Gasteiger partial charge on any atom is -0.384 e. The Morgan fingerprint density at radius 1 is 1.12 bits per heavy atom. The smallest absolute Gasteiger partial charge is 0.158 e. The second-order valence-electron chi connectivity index (χ2n) is 6.83. The number of hydrogen-bond donors (Lipinski definition) is 0. The second-order valence-corrected chi connectivity index (χ2v) is 6.83. The molecule has 0 spiro atoms. The number of hydrogen-bond acceptors (Lipinski definition) is 6. The zero-order chi connectivity index (χ0) is 17.9. The van der Waals surface area contributed by atoms with Crippen molar-refractivity contribution in [1.82, 2.24) is 29.6 Å². The Hall–Kier alpha value is -2.38. The minimum absolute atomic E-state index is 0.377. The van der Waals surface area contributed by atoms with Gasteiger partial charge < -0.3 is 9.64 Å². The molecule has 2 aromatic heterocycles. The summed E-state index contributed by atoms with van der Waals surface area (Å²) in [6, 6.07) is 6.49. The topological polar surface area (TPSA) is 69.0 Å². The molecule has 1 aromatic carbocycles. The minimum atomic E-state index is 0.377. The van der Waals surface area contributed by atoms with Gasteiger partial charge in [0.1, 0.15) is 0 Å². The lowest BCUT2D eigenvalue weighted by atomic mass is 10.1. The van der Waals surface area contributed by atoms with E-state index in [1.54, 1.807) is 19.5 Å². The lowest BCUT2D eigenvalue weighted by molar-refractivity contribution is 0.198. The fourth-order valence-electron chi connectivity index (χ4n) is 3.46. The lowest BCUT2D eigenvalue weighted by Crippen LogP contribution is -2.32. The first kappa shape index (κ1) is 17.1. The molecule has 0 saturated carbocycles. The average molecular weight is 352 g/mol. The molecule has 136 valence electrons. The summed E-state index contributed by atoms with van der Waals surface area (Å²) in [5.74, 6) is 1.75. The molecule has 1 saturated heterocycles. The molecule has 1 aliphatic heterocycles. The first-order chi connectivity index (χ1) is 12.7. The molecule has 0 radical (unpaired) electrons. The number of benzene rings is 1. The lowest BCUT2D eigenvalue weighted by Gasteiger charge is -2.29. The van der Waals surface area contributed by atoms with Gasteiger partial charge in [-0.3, -0.25) is 9.97 Å². The second kappa shape index (κ2) is 7.47. The molecule has 1 fully saturated rings. The predicted molar refractivity (Wildman–Crippen MR) is 99.9 cm³/mol. The number of likely N-dealkylation sites (tertiary alicyclic amines) is 1. The molecule has 3 heterocycles. The standard InChI is InChI=1S/C19H24N6O/c1-24-10-5-15(6-11-24)25-19(22-18(23-25)7-12-26-2)14-3-4-16-17(13-14)21-9-8-20-16/h3-4,8-9,13,15H,5-7,10-12H2,1-2H3. The number of methoxy groups -OCH3 is 1. The highest BCUT2D eigenvalue weighted by molar-refractivity contribution is 5.79. The summed E-state index contributed by atoms with van der Waals surface area (Å²) in [5, 5.41) is 4.82. The van der Waals surface area contributed by atoms with E-state index >= 15 is 0 Å². The number of nitrogens with zero attached hydrogens (tertiary/aromatic N) is 6. The van der Waals surface area contributed by atoms with Crippen LogP contribution in [0.3, 0.4) is 0 Å². The summed E-state index contributed by atoms with van der Waals surface area (Å²) in [5.41, 5.74) is 2.80. The summed E-state index contributed by atoms with van der Waals surface area (Å²) in [7, 11) is 3.88. The number of fused-ring (bicyclic) bond motifs is 1. The Morgan fingerprint density at radius 3 is 2.65 bits per heavy atom. The van der Waals surface area contributed by atoms with Crippen molar-refractivity contribution < 1.29 is 4.74 Å². The molecular weight excluding hydrogens is 328 g/mol. The Balaban J connectivity index is 1.73. The van der Waals surface area contributed by atoms with Crippen LogP contribution in [0.1, 0.15) is 24.7 Å². The number of piperidine rings is 1. The Morgan fingerprint density at radius 2 is 1.88 bits per heavy atom. The van der Waals surface area contributed by atoms with Gasteiger partial charge in [-0.25, -0.2) is 9.67 Å². The van der Waals surface area contributed by atoms with Gasteiger partial charge in [-0.15, -0.1) is 0 Å². The van der Waals surface area contributed by atoms with Crippen LogP contribution in [0.25, 0.3) is 22.4 Å². The summed E-state index contributed by atoms with van der Waals surface area (Å²) in [6.45, 7) is 2.79. The molecule has 4 rings (SSSR count). The number of ether oxygens (including phenoxy) is 1. The van der Waals surface area contributed by atoms with Gasteiger partial charge in [0.25, 0.3) is 0 Å². The fraction of sp³-hybridized carbons (Fsp3) is 0.474. The Kier molecular flexibility index (Phi) is 4.90. The van der Waals surface area contributed by atoms with E-state index < -0.39 is 0 Å². The summed E-state index contributed by atoms with van der Waals surface area (Å²) in [4.78, 5) is 16.0. The monoisotopic (exact) mass is 352 g/mol. The van der Waals surface area contributed by atoms with Crippen molar-refractivity contribution >= 4 is 11.0 Å². The Labute approximate surface area is 153 Å². The van der Waals surface area contributed by atoms with E-state index in [1.165, 1.54) is 0 Å². The molecular formula is C19H24N6O. The van der Waals surface area contributed by atoms with Crippen LogP contribution in [0, 0.1) is 0 Å². The van der Waals surface area contributed by atoms with Gasteiger partial charge in [0, 0.05) is 31.5 Å². The zero-order valence-corrected chi connectivity index (χ0v) is 15.3. The van der Waals surface area contributed by atoms with Crippen molar-refractivity contribution in [2.45, 2.75) is 25.3 Å². The van der Waals surface area contributed by atoms with Crippen LogP contribution in [0.4, 0.5) is 0 Å². The van der Waals surface area contributed by atoms with E-state index in [0.29, 0.717) is 12.6 Å². The van der Waals surface area contributed by atoms with Crippen molar-refractivity contribution in [3.8, 4) is 11.4 Å². The molecule has 0 N–H and O–H groups in total. The zero-order valence-electron chi connectivity index (χ0n) is 15.3. The van der Waals surface area contributed by atoms with Crippen molar-refractivity contribution in [1.29, 1.82) is 0 Å². The highest BCUT2D eigenvalue weighted by Crippen LogP contribution is 2.28. The summed E-state index contributed by atoms with van der Waals surface area (Å²) in [6.07, 6.45) is 6.33. The molecule has 7 heteroatoms. The van der Waals surface area contributed by atoms with Gasteiger partial charge >= 0.3 is 0 Å². The maximum atomic E-state index is 5.20. The van der Waals surface area contributed by atoms with Gasteiger partial charge in [0.15, 0.2) is 11.6 Å². The van der Waals surface area contributed by atoms with Gasteiger partial charge in [0.2, 0.25) is 0 Å². The van der Waals surface area contributed by atoms with Crippen molar-refractivity contribution in [3.05, 3.63) is 36.4 Å². The molecule has 0 aliphatic carbocycles. The summed E-state index contributed by atoms with van der Waals surface area (Å²) >= 11 is 0. The summed E-state index contributed by atoms with van der Waals surface area (Å²) < 4.78 is 7.32. The van der Waals surface area contributed by atoms with Crippen LogP contribution >= 0.6 is 0 Å². The predicted octanol–water partition coefficient (Wildman–Crippen LogP) is 2.34. The molecule has 3 aromatic rings. The van der Waals surface area contributed by atoms with E-state index in [1.807, 2.05) is 6.07 Å². The van der Waals surface area contributed by atoms with Crippen LogP contribution < -0.4 is 0 Å². The molecule has 1 aliphatic rings. The van der Waals surface area contributed by atoms with Gasteiger partial charge in [-0.1, -0.05) is 0 Å². The van der Waals surface area contributed by atoms with Gasteiger partial charge in [-0.2, -0.15) is 5.10 Å². The van der Waals surface area contributed by atoms with E-state index in [0.717, 1.165) is 60.6 Å². The third-order valence-corrected chi connectivity index (χ3v) is 4.97. The molecule has 0 amide bonds. The fourth-order valence-corrected chi connectivity index (χ4v) is 3.46. The van der Waals surface area contributed by atoms with Crippen molar-refractivity contribution in [2.24, 2.45) is 0 Å². The van der Waals surface area contributed by atoms with Crippen LogP contribution in [0.2, 0.25) is 0 Å². The largest absolute Gasteiger partial charge is 0.384 e. The normalized spacial score (nSPS) is 16.4. The van der Waals surface area contributed by atoms with Gasteiger partial charge in [0.05, 0.1) is 23.7 Å². The van der Waals surface area contributed by atoms with Crippen LogP contribution in [-0.4, -0.2) is 63.5 Å². The van der Waals surface area contributed by atoms with Crippen LogP contribution in [0.15, 0.2) is 30.6 Å². The molecule has 7 nitrogen and oxygen atoms in total. The molecule has 0 bridgehead atoms. The van der Waals surface area contributed by atoms with Crippen molar-refractivity contribution in [3.63, 3.8) is 0 Å². The van der Waals surface area contributed by atoms with E-state index in [-0.39, 0.29) is 0 Å². The first-order valence-electron chi connectivity index (χ1n) is 9.08. The third-order valence-electron chi connectivity index (χ3n) is 4.97. The highest BCUT2D eigenvalue weighted by Gasteiger charge is 2.23. The average Bonchev–Trinajstić information content (AvgIpc) is 3.11. The van der Waals surface area contributed by atoms with Crippen LogP contribution in [0.5, 0.6) is 0 Å². The Bertz CT molecular complexity index is 885. The number of aromatic nitrogens is 5. The molecule has 0 unspecified atom stereocenters. The van der Waals surface area contributed by atoms with Crippen LogP contribution in [-0.2, 0) is 11.2 Å². The number of rotatable bonds is 5. The molecule has 0 atom stereocenters. The van der Waals surface area contributed by atoms with E-state index in [9.17, 15) is 0 Å². The van der Waals surface area contributed by atoms with E-state index in [2.05, 4.69) is 38.7 Å². The first-order valence-corrected chi connectivity index (χ1v) is 9.08. The van der Waals surface area contributed by atoms with Crippen molar-refractivity contribution in [2.75, 3.05) is 33.9 Å². The van der Waals surface area contributed by atoms with E-state index in [4.69, 9.17) is 14.8 Å². The maximum absolute atomic E-state index is 5.20.